The number of urea groups is 2. The van der Waals surface area contributed by atoms with Crippen LogP contribution in [-0.4, -0.2) is 63.0 Å². The molecule has 6 N–H and O–H groups in total. The van der Waals surface area contributed by atoms with Crippen LogP contribution in [0.1, 0.15) is 43.2 Å². The zero-order valence-corrected chi connectivity index (χ0v) is 22.3. The third-order valence-corrected chi connectivity index (χ3v) is 6.11. The van der Waals surface area contributed by atoms with Crippen LogP contribution >= 0.6 is 12.4 Å². The molecule has 2 aliphatic heterocycles. The number of carbonyl (C=O) groups is 2. The third kappa shape index (κ3) is 9.26. The van der Waals surface area contributed by atoms with Gasteiger partial charge in [0.1, 0.15) is 11.7 Å². The zero-order chi connectivity index (χ0) is 25.7. The van der Waals surface area contributed by atoms with Crippen molar-refractivity contribution in [1.82, 2.24) is 21.3 Å². The lowest BCUT2D eigenvalue weighted by Gasteiger charge is -2.09. The van der Waals surface area contributed by atoms with E-state index in [1.165, 1.54) is 0 Å². The lowest BCUT2D eigenvalue weighted by atomic mass is 10.1. The highest BCUT2D eigenvalue weighted by Gasteiger charge is 2.09. The molecule has 0 radical (unpaired) electrons. The van der Waals surface area contributed by atoms with E-state index >= 15 is 0 Å². The van der Waals surface area contributed by atoms with Gasteiger partial charge in [0.25, 0.3) is 0 Å². The summed E-state index contributed by atoms with van der Waals surface area (Å²) in [5, 5.41) is 18.0. The Morgan fingerprint density at radius 3 is 1.39 bits per heavy atom. The summed E-state index contributed by atoms with van der Waals surface area (Å²) in [6, 6.07) is 14.9. The Labute approximate surface area is 230 Å². The van der Waals surface area contributed by atoms with Gasteiger partial charge >= 0.3 is 12.1 Å². The number of rotatable bonds is 12. The van der Waals surface area contributed by atoms with Crippen molar-refractivity contribution < 1.29 is 9.59 Å². The minimum Gasteiger partial charge on any atom is -0.368 e. The zero-order valence-electron chi connectivity index (χ0n) is 21.5. The molecule has 4 rings (SSSR count). The third-order valence-electron chi connectivity index (χ3n) is 6.11. The molecule has 0 unspecified atom stereocenters. The fourth-order valence-electron chi connectivity index (χ4n) is 4.14. The fourth-order valence-corrected chi connectivity index (χ4v) is 4.14. The largest absolute Gasteiger partial charge is 0.368 e. The summed E-state index contributed by atoms with van der Waals surface area (Å²) >= 11 is 0. The first kappa shape index (κ1) is 28.8. The van der Waals surface area contributed by atoms with E-state index in [1.54, 1.807) is 0 Å². The van der Waals surface area contributed by atoms with Crippen molar-refractivity contribution in [2.45, 2.75) is 32.1 Å². The quantitative estimate of drug-likeness (QED) is 0.229. The van der Waals surface area contributed by atoms with E-state index in [0.29, 0.717) is 13.1 Å². The SMILES string of the molecule is Cl.O=C(NCCCCCCCNC(=O)Nc1ccc(C2=NCCN2)cc1)Nc1ccc(C2=NCCN2)cc1. The highest BCUT2D eigenvalue weighted by molar-refractivity contribution is 6.01. The van der Waals surface area contributed by atoms with E-state index in [2.05, 4.69) is 41.9 Å². The van der Waals surface area contributed by atoms with E-state index in [0.717, 1.165) is 92.5 Å². The van der Waals surface area contributed by atoms with E-state index in [9.17, 15) is 9.59 Å². The van der Waals surface area contributed by atoms with E-state index in [1.807, 2.05) is 48.5 Å². The maximum Gasteiger partial charge on any atom is 0.319 e. The van der Waals surface area contributed by atoms with Crippen molar-refractivity contribution >= 4 is 47.5 Å². The van der Waals surface area contributed by atoms with Crippen molar-refractivity contribution in [3.8, 4) is 0 Å². The van der Waals surface area contributed by atoms with Gasteiger partial charge in [0.15, 0.2) is 0 Å². The Hall–Kier alpha value is -3.79. The molecule has 0 bridgehead atoms. The molecule has 10 nitrogen and oxygen atoms in total. The van der Waals surface area contributed by atoms with Gasteiger partial charge < -0.3 is 31.9 Å². The molecular formula is C27H37ClN8O2. The minimum atomic E-state index is -0.196. The monoisotopic (exact) mass is 540 g/mol. The molecule has 0 fully saturated rings. The van der Waals surface area contributed by atoms with Crippen LogP contribution in [-0.2, 0) is 0 Å². The molecular weight excluding hydrogens is 504 g/mol. The number of hydrogen-bond acceptors (Lipinski definition) is 6. The second-order valence-corrected chi connectivity index (χ2v) is 9.00. The van der Waals surface area contributed by atoms with Crippen LogP contribution in [0.25, 0.3) is 0 Å². The van der Waals surface area contributed by atoms with Gasteiger partial charge in [-0.1, -0.05) is 19.3 Å². The van der Waals surface area contributed by atoms with Crippen molar-refractivity contribution in [2.24, 2.45) is 9.98 Å². The average Bonchev–Trinajstić information content (AvgIpc) is 3.64. The maximum absolute atomic E-state index is 12.1. The van der Waals surface area contributed by atoms with Crippen molar-refractivity contribution in [2.75, 3.05) is 49.9 Å². The van der Waals surface area contributed by atoms with E-state index < -0.39 is 0 Å². The molecule has 204 valence electrons. The standard InChI is InChI=1S/C27H36N8O2.ClH/c36-26(34-22-10-6-20(7-11-22)24-28-16-17-29-24)32-14-4-2-1-3-5-15-33-27(37)35-23-12-8-21(9-13-23)25-30-18-19-31-25;/h6-13H,1-5,14-19H2,(H,28,29)(H,30,31)(H2,32,34,36)(H2,33,35,37);1H. The predicted octanol–water partition coefficient (Wildman–Crippen LogP) is 3.70. The van der Waals surface area contributed by atoms with Crippen LogP contribution in [0.4, 0.5) is 21.0 Å². The number of aliphatic imine (C=N–C) groups is 2. The lowest BCUT2D eigenvalue weighted by Crippen LogP contribution is -2.29. The van der Waals surface area contributed by atoms with Crippen LogP contribution in [0, 0.1) is 0 Å². The number of nitrogens with one attached hydrogen (secondary N) is 6. The molecule has 0 aromatic heterocycles. The Bertz CT molecular complexity index is 1020. The summed E-state index contributed by atoms with van der Waals surface area (Å²) in [5.74, 6) is 1.81. The molecule has 2 aliphatic rings. The molecule has 0 atom stereocenters. The number of carbonyl (C=O) groups excluding carboxylic acids is 2. The van der Waals surface area contributed by atoms with Gasteiger partial charge in [-0.05, 0) is 61.4 Å². The number of benzene rings is 2. The highest BCUT2D eigenvalue weighted by atomic mass is 35.5. The topological polar surface area (TPSA) is 131 Å². The Morgan fingerprint density at radius 2 is 1.03 bits per heavy atom. The molecule has 0 aliphatic carbocycles. The maximum atomic E-state index is 12.1. The second-order valence-electron chi connectivity index (χ2n) is 9.00. The van der Waals surface area contributed by atoms with Crippen molar-refractivity contribution in [3.63, 3.8) is 0 Å². The summed E-state index contributed by atoms with van der Waals surface area (Å²) in [4.78, 5) is 33.0. The van der Waals surface area contributed by atoms with Gasteiger partial charge in [0.2, 0.25) is 0 Å². The fraction of sp³-hybridized carbons (Fsp3) is 0.407. The summed E-state index contributed by atoms with van der Waals surface area (Å²) in [6.07, 6.45) is 4.96. The number of amides is 4. The first-order chi connectivity index (χ1) is 18.2. The highest BCUT2D eigenvalue weighted by Crippen LogP contribution is 2.12. The minimum absolute atomic E-state index is 0. The number of anilines is 2. The van der Waals surface area contributed by atoms with Gasteiger partial charge in [-0.3, -0.25) is 9.98 Å². The summed E-state index contributed by atoms with van der Waals surface area (Å²) < 4.78 is 0. The van der Waals surface area contributed by atoms with E-state index in [-0.39, 0.29) is 24.5 Å². The summed E-state index contributed by atoms with van der Waals surface area (Å²) in [7, 11) is 0. The molecule has 4 amide bonds. The van der Waals surface area contributed by atoms with Crippen LogP contribution in [0.2, 0.25) is 0 Å². The van der Waals surface area contributed by atoms with Crippen LogP contribution in [0.3, 0.4) is 0 Å². The van der Waals surface area contributed by atoms with Crippen LogP contribution in [0.5, 0.6) is 0 Å². The lowest BCUT2D eigenvalue weighted by molar-refractivity contribution is 0.251. The van der Waals surface area contributed by atoms with Gasteiger partial charge in [0, 0.05) is 48.7 Å². The Morgan fingerprint density at radius 1 is 0.632 bits per heavy atom. The normalized spacial score (nSPS) is 13.8. The Kier molecular flexibility index (Phi) is 11.7. The smallest absolute Gasteiger partial charge is 0.319 e. The molecule has 0 saturated carbocycles. The molecule has 2 aromatic carbocycles. The number of hydrogen-bond donors (Lipinski definition) is 6. The van der Waals surface area contributed by atoms with Crippen LogP contribution < -0.4 is 31.9 Å². The van der Waals surface area contributed by atoms with Gasteiger partial charge in [-0.15, -0.1) is 12.4 Å². The van der Waals surface area contributed by atoms with Gasteiger partial charge in [-0.25, -0.2) is 9.59 Å². The number of amidine groups is 2. The van der Waals surface area contributed by atoms with E-state index in [4.69, 9.17) is 0 Å². The number of nitrogens with zero attached hydrogens (tertiary/aromatic N) is 2. The molecule has 38 heavy (non-hydrogen) atoms. The average molecular weight is 541 g/mol. The van der Waals surface area contributed by atoms with Crippen molar-refractivity contribution in [3.05, 3.63) is 59.7 Å². The molecule has 2 aromatic rings. The van der Waals surface area contributed by atoms with Gasteiger partial charge in [0.05, 0.1) is 13.1 Å². The first-order valence-electron chi connectivity index (χ1n) is 13.0. The number of unbranched alkanes of at least 4 members (excludes halogenated alkanes) is 4. The summed E-state index contributed by atoms with van der Waals surface area (Å²) in [5.41, 5.74) is 3.56. The molecule has 11 heteroatoms. The predicted molar refractivity (Wildman–Crippen MR) is 156 cm³/mol. The first-order valence-corrected chi connectivity index (χ1v) is 13.0. The van der Waals surface area contributed by atoms with Crippen LogP contribution in [0.15, 0.2) is 58.5 Å². The molecule has 0 saturated heterocycles. The molecule has 2 heterocycles. The number of halogens is 1. The summed E-state index contributed by atoms with van der Waals surface area (Å²) in [6.45, 7) is 4.61. The Balaban J connectivity index is 0.00000400. The molecule has 0 spiro atoms. The second kappa shape index (κ2) is 15.5. The van der Waals surface area contributed by atoms with Crippen molar-refractivity contribution in [1.29, 1.82) is 0 Å². The van der Waals surface area contributed by atoms with Gasteiger partial charge in [-0.2, -0.15) is 0 Å².